The Balaban J connectivity index is 1.47. The number of hydrogen-bond acceptors (Lipinski definition) is 4. The highest BCUT2D eigenvalue weighted by Gasteiger charge is 2.08. The van der Waals surface area contributed by atoms with Gasteiger partial charge in [-0.25, -0.2) is 9.97 Å². The topological polar surface area (TPSA) is 52.6 Å². The van der Waals surface area contributed by atoms with Crippen LogP contribution in [0.2, 0.25) is 0 Å². The molecule has 0 aliphatic heterocycles. The molecule has 0 saturated heterocycles. The van der Waals surface area contributed by atoms with Crippen LogP contribution in [0.15, 0.2) is 96.0 Å². The van der Waals surface area contributed by atoms with Gasteiger partial charge in [0.2, 0.25) is 5.89 Å². The number of fused-ring (bicyclic) bond motifs is 1. The summed E-state index contributed by atoms with van der Waals surface area (Å²) in [7, 11) is 0. The van der Waals surface area contributed by atoms with Gasteiger partial charge in [-0.2, -0.15) is 0 Å². The average Bonchev–Trinajstić information content (AvgIpc) is 3.39. The fourth-order valence-corrected chi connectivity index (χ4v) is 3.05. The van der Waals surface area contributed by atoms with Gasteiger partial charge in [-0.1, -0.05) is 24.3 Å². The third-order valence-electron chi connectivity index (χ3n) is 4.28. The third-order valence-corrected chi connectivity index (χ3v) is 4.28. The molecule has 0 unspecified atom stereocenters. The van der Waals surface area contributed by atoms with Crippen molar-refractivity contribution >= 4 is 5.52 Å². The second-order valence-corrected chi connectivity index (χ2v) is 6.07. The van der Waals surface area contributed by atoms with E-state index < -0.39 is 0 Å². The summed E-state index contributed by atoms with van der Waals surface area (Å²) < 4.78 is 13.5. The Morgan fingerprint density at radius 2 is 1.63 bits per heavy atom. The summed E-state index contributed by atoms with van der Waals surface area (Å²) in [6.45, 7) is 0. The number of imidazole rings is 1. The SMILES string of the molecule is c1cc(Oc2cccc(-c3ncc4ccccn34)c2)cc(-c2ncco2)c1. The zero-order chi connectivity index (χ0) is 18.1. The van der Waals surface area contributed by atoms with Crippen molar-refractivity contribution in [2.75, 3.05) is 0 Å². The van der Waals surface area contributed by atoms with Crippen molar-refractivity contribution in [1.29, 1.82) is 0 Å². The van der Waals surface area contributed by atoms with E-state index in [0.717, 1.165) is 34.0 Å². The van der Waals surface area contributed by atoms with Crippen LogP contribution in [-0.4, -0.2) is 14.4 Å². The fourth-order valence-electron chi connectivity index (χ4n) is 3.05. The van der Waals surface area contributed by atoms with E-state index in [1.165, 1.54) is 0 Å². The second-order valence-electron chi connectivity index (χ2n) is 6.07. The molecule has 130 valence electrons. The highest BCUT2D eigenvalue weighted by molar-refractivity contribution is 5.64. The van der Waals surface area contributed by atoms with Crippen molar-refractivity contribution in [2.24, 2.45) is 0 Å². The first-order chi connectivity index (χ1) is 13.4. The Morgan fingerprint density at radius 3 is 2.44 bits per heavy atom. The van der Waals surface area contributed by atoms with Crippen molar-refractivity contribution in [3.63, 3.8) is 0 Å². The third kappa shape index (κ3) is 2.95. The molecule has 5 rings (SSSR count). The maximum atomic E-state index is 6.06. The lowest BCUT2D eigenvalue weighted by atomic mass is 10.2. The molecule has 0 radical (unpaired) electrons. The van der Waals surface area contributed by atoms with Crippen LogP contribution >= 0.6 is 0 Å². The quantitative estimate of drug-likeness (QED) is 0.431. The van der Waals surface area contributed by atoms with Crippen LogP contribution in [0, 0.1) is 0 Å². The Bertz CT molecular complexity index is 1210. The molecule has 0 spiro atoms. The molecule has 3 heterocycles. The fraction of sp³-hybridized carbons (Fsp3) is 0. The van der Waals surface area contributed by atoms with Gasteiger partial charge in [0, 0.05) is 17.3 Å². The van der Waals surface area contributed by atoms with Gasteiger partial charge in [-0.3, -0.25) is 4.40 Å². The van der Waals surface area contributed by atoms with Crippen molar-refractivity contribution < 1.29 is 9.15 Å². The van der Waals surface area contributed by atoms with Gasteiger partial charge in [0.15, 0.2) is 0 Å². The van der Waals surface area contributed by atoms with Gasteiger partial charge < -0.3 is 9.15 Å². The summed E-state index contributed by atoms with van der Waals surface area (Å²) in [6.07, 6.45) is 7.05. The number of pyridine rings is 1. The van der Waals surface area contributed by atoms with E-state index in [1.807, 2.05) is 79.1 Å². The van der Waals surface area contributed by atoms with E-state index in [9.17, 15) is 0 Å². The molecule has 0 aliphatic rings. The number of rotatable bonds is 4. The van der Waals surface area contributed by atoms with Gasteiger partial charge in [-0.15, -0.1) is 0 Å². The van der Waals surface area contributed by atoms with Gasteiger partial charge in [0.05, 0.1) is 17.9 Å². The average molecular weight is 353 g/mol. The van der Waals surface area contributed by atoms with Crippen molar-refractivity contribution in [3.8, 4) is 34.3 Å². The molecule has 5 aromatic rings. The molecule has 27 heavy (non-hydrogen) atoms. The van der Waals surface area contributed by atoms with E-state index in [1.54, 1.807) is 12.5 Å². The Morgan fingerprint density at radius 1 is 0.815 bits per heavy atom. The molecule has 5 heteroatoms. The summed E-state index contributed by atoms with van der Waals surface area (Å²) in [5.74, 6) is 2.91. The Kier molecular flexibility index (Phi) is 3.68. The number of benzene rings is 2. The minimum atomic E-state index is 0.568. The van der Waals surface area contributed by atoms with E-state index in [0.29, 0.717) is 5.89 Å². The lowest BCUT2D eigenvalue weighted by Gasteiger charge is -2.08. The monoisotopic (exact) mass is 353 g/mol. The number of ether oxygens (including phenoxy) is 1. The molecule has 2 aromatic carbocycles. The standard InChI is InChI=1S/C22H15N3O2/c1-2-11-25-18(7-1)15-24-21(25)16-5-3-8-19(13-16)27-20-9-4-6-17(14-20)22-23-10-12-26-22/h1-15H. The highest BCUT2D eigenvalue weighted by atomic mass is 16.5. The van der Waals surface area contributed by atoms with Gasteiger partial charge >= 0.3 is 0 Å². The summed E-state index contributed by atoms with van der Waals surface area (Å²) >= 11 is 0. The predicted octanol–water partition coefficient (Wildman–Crippen LogP) is 5.45. The highest BCUT2D eigenvalue weighted by Crippen LogP contribution is 2.29. The van der Waals surface area contributed by atoms with E-state index in [-0.39, 0.29) is 0 Å². The molecule has 0 amide bonds. The molecular weight excluding hydrogens is 338 g/mol. The van der Waals surface area contributed by atoms with E-state index >= 15 is 0 Å². The zero-order valence-corrected chi connectivity index (χ0v) is 14.3. The van der Waals surface area contributed by atoms with Gasteiger partial charge in [-0.05, 0) is 42.5 Å². The normalized spacial score (nSPS) is 11.0. The van der Waals surface area contributed by atoms with E-state index in [2.05, 4.69) is 14.4 Å². The number of oxazole rings is 1. The minimum Gasteiger partial charge on any atom is -0.457 e. The van der Waals surface area contributed by atoms with Crippen molar-refractivity contribution in [1.82, 2.24) is 14.4 Å². The summed E-state index contributed by atoms with van der Waals surface area (Å²) in [4.78, 5) is 8.73. The maximum Gasteiger partial charge on any atom is 0.225 e. The van der Waals surface area contributed by atoms with Crippen molar-refractivity contribution in [3.05, 3.63) is 91.6 Å². The Hall–Kier alpha value is -3.86. The largest absolute Gasteiger partial charge is 0.457 e. The molecule has 0 fully saturated rings. The van der Waals surface area contributed by atoms with Crippen LogP contribution in [0.4, 0.5) is 0 Å². The smallest absolute Gasteiger partial charge is 0.225 e. The number of nitrogens with zero attached hydrogens (tertiary/aromatic N) is 3. The first-order valence-electron chi connectivity index (χ1n) is 8.57. The molecule has 0 saturated carbocycles. The lowest BCUT2D eigenvalue weighted by Crippen LogP contribution is -1.90. The number of hydrogen-bond donors (Lipinski definition) is 0. The Labute approximate surface area is 155 Å². The molecule has 0 N–H and O–H groups in total. The molecule has 3 aromatic heterocycles. The van der Waals surface area contributed by atoms with E-state index in [4.69, 9.17) is 9.15 Å². The van der Waals surface area contributed by atoms with Crippen molar-refractivity contribution in [2.45, 2.75) is 0 Å². The predicted molar refractivity (Wildman–Crippen MR) is 103 cm³/mol. The van der Waals surface area contributed by atoms with Gasteiger partial charge in [0.25, 0.3) is 0 Å². The minimum absolute atomic E-state index is 0.568. The molecular formula is C22H15N3O2. The first kappa shape index (κ1) is 15.4. The molecule has 0 bridgehead atoms. The second kappa shape index (κ2) is 6.46. The maximum absolute atomic E-state index is 6.06. The summed E-state index contributed by atoms with van der Waals surface area (Å²) in [5, 5.41) is 0. The lowest BCUT2D eigenvalue weighted by molar-refractivity contribution is 0.482. The van der Waals surface area contributed by atoms with Gasteiger partial charge in [0.1, 0.15) is 23.6 Å². The summed E-state index contributed by atoms with van der Waals surface area (Å²) in [6, 6.07) is 21.6. The van der Waals surface area contributed by atoms with Crippen LogP contribution in [0.1, 0.15) is 0 Å². The van der Waals surface area contributed by atoms with Crippen LogP contribution in [0.5, 0.6) is 11.5 Å². The van der Waals surface area contributed by atoms with Crippen LogP contribution < -0.4 is 4.74 Å². The zero-order valence-electron chi connectivity index (χ0n) is 14.3. The molecule has 0 atom stereocenters. The van der Waals surface area contributed by atoms with Crippen LogP contribution in [0.3, 0.4) is 0 Å². The van der Waals surface area contributed by atoms with Crippen LogP contribution in [-0.2, 0) is 0 Å². The summed E-state index contributed by atoms with van der Waals surface area (Å²) in [5.41, 5.74) is 2.91. The number of aromatic nitrogens is 3. The first-order valence-corrected chi connectivity index (χ1v) is 8.57. The van der Waals surface area contributed by atoms with Crippen LogP contribution in [0.25, 0.3) is 28.4 Å². The molecule has 0 aliphatic carbocycles. The molecule has 5 nitrogen and oxygen atoms in total.